The summed E-state index contributed by atoms with van der Waals surface area (Å²) in [5.74, 6) is 0.844. The molecule has 0 amide bonds. The number of hydrogen-bond acceptors (Lipinski definition) is 3. The van der Waals surface area contributed by atoms with Crippen LogP contribution in [0.4, 0.5) is 0 Å². The minimum absolute atomic E-state index is 0.166. The van der Waals surface area contributed by atoms with E-state index >= 15 is 0 Å². The van der Waals surface area contributed by atoms with E-state index in [1.165, 1.54) is 0 Å². The quantitative estimate of drug-likeness (QED) is 0.605. The minimum Gasteiger partial charge on any atom is -0.417 e. The summed E-state index contributed by atoms with van der Waals surface area (Å²) in [7, 11) is -3.38. The van der Waals surface area contributed by atoms with Crippen molar-refractivity contribution in [3.05, 3.63) is 0 Å². The molecule has 0 bridgehead atoms. The van der Waals surface area contributed by atoms with E-state index in [-0.39, 0.29) is 16.2 Å². The first-order chi connectivity index (χ1) is 10.6. The maximum atomic E-state index is 10.2. The summed E-state index contributed by atoms with van der Waals surface area (Å²) in [6, 6.07) is 0. The van der Waals surface area contributed by atoms with E-state index in [1.54, 1.807) is 0 Å². The van der Waals surface area contributed by atoms with Gasteiger partial charge in [-0.05, 0) is 60.9 Å². The van der Waals surface area contributed by atoms with Crippen molar-refractivity contribution in [3.63, 3.8) is 0 Å². The van der Waals surface area contributed by atoms with Crippen LogP contribution in [0.25, 0.3) is 0 Å². The Kier molecular flexibility index (Phi) is 7.00. The first-order valence-electron chi connectivity index (χ1n) is 9.54. The molecule has 1 saturated carbocycles. The van der Waals surface area contributed by atoms with E-state index in [1.807, 2.05) is 0 Å². The summed E-state index contributed by atoms with van der Waals surface area (Å²) < 4.78 is 12.7. The fourth-order valence-electron chi connectivity index (χ4n) is 2.60. The summed E-state index contributed by atoms with van der Waals surface area (Å²) in [6.45, 7) is 24.4. The Hall–Kier alpha value is 0.314. The van der Waals surface area contributed by atoms with Crippen molar-refractivity contribution in [2.24, 2.45) is 11.8 Å². The summed E-state index contributed by atoms with van der Waals surface area (Å²) in [6.07, 6.45) is 1.68. The first-order valence-corrected chi connectivity index (χ1v) is 15.4. The van der Waals surface area contributed by atoms with Crippen molar-refractivity contribution in [1.29, 1.82) is 0 Å². The Bertz CT molecular complexity index is 408. The molecular weight excluding hydrogens is 332 g/mol. The lowest BCUT2D eigenvalue weighted by atomic mass is 9.70. The van der Waals surface area contributed by atoms with Crippen LogP contribution in [0.3, 0.4) is 0 Å². The fourth-order valence-corrected chi connectivity index (χ4v) is 4.72. The lowest BCUT2D eigenvalue weighted by Gasteiger charge is -2.45. The Morgan fingerprint density at radius 2 is 1.33 bits per heavy atom. The molecule has 1 N–H and O–H groups in total. The Labute approximate surface area is 152 Å². The molecule has 1 aliphatic rings. The summed E-state index contributed by atoms with van der Waals surface area (Å²) in [5, 5.41) is 10.7. The molecule has 24 heavy (non-hydrogen) atoms. The van der Waals surface area contributed by atoms with Gasteiger partial charge in [0.1, 0.15) is 0 Å². The third kappa shape index (κ3) is 5.40. The van der Waals surface area contributed by atoms with E-state index in [0.717, 1.165) is 26.1 Å². The zero-order valence-corrected chi connectivity index (χ0v) is 19.8. The molecule has 144 valence electrons. The van der Waals surface area contributed by atoms with Gasteiger partial charge in [0.05, 0.1) is 6.10 Å². The Morgan fingerprint density at radius 1 is 0.875 bits per heavy atom. The number of aliphatic hydroxyl groups excluding tert-OH is 1. The lowest BCUT2D eigenvalue weighted by molar-refractivity contribution is -0.0615. The topological polar surface area (TPSA) is 38.7 Å². The zero-order chi connectivity index (χ0) is 19.0. The summed E-state index contributed by atoms with van der Waals surface area (Å²) >= 11 is 0. The van der Waals surface area contributed by atoms with E-state index in [0.29, 0.717) is 11.8 Å². The van der Waals surface area contributed by atoms with Crippen LogP contribution in [-0.4, -0.2) is 41.1 Å². The number of rotatable bonds is 7. The molecule has 0 radical (unpaired) electrons. The second kappa shape index (κ2) is 7.51. The van der Waals surface area contributed by atoms with Crippen molar-refractivity contribution >= 4 is 16.6 Å². The monoisotopic (exact) mass is 374 g/mol. The molecule has 1 rings (SSSR count). The van der Waals surface area contributed by atoms with Crippen LogP contribution in [0, 0.1) is 11.8 Å². The minimum atomic E-state index is -1.69. The van der Waals surface area contributed by atoms with Crippen LogP contribution >= 0.6 is 0 Å². The van der Waals surface area contributed by atoms with Gasteiger partial charge in [0.15, 0.2) is 16.6 Å². The molecule has 0 aliphatic heterocycles. The standard InChI is InChI=1S/C19H42O3Si2/c1-18(2,3)23(7,8)21-12-11-16-15(13-17(16)20)14-22-24(9,10)19(4,5)6/h15-17,20H,11-14H2,1-10H3. The van der Waals surface area contributed by atoms with Gasteiger partial charge in [0.25, 0.3) is 0 Å². The van der Waals surface area contributed by atoms with E-state index in [4.69, 9.17) is 8.85 Å². The van der Waals surface area contributed by atoms with Gasteiger partial charge in [0.2, 0.25) is 0 Å². The molecule has 0 aromatic carbocycles. The maximum absolute atomic E-state index is 10.2. The van der Waals surface area contributed by atoms with Crippen LogP contribution in [0.1, 0.15) is 54.4 Å². The molecule has 3 nitrogen and oxygen atoms in total. The van der Waals surface area contributed by atoms with Gasteiger partial charge in [-0.25, -0.2) is 0 Å². The average Bonchev–Trinajstić information content (AvgIpc) is 2.36. The Morgan fingerprint density at radius 3 is 1.75 bits per heavy atom. The van der Waals surface area contributed by atoms with Crippen LogP contribution in [0.5, 0.6) is 0 Å². The van der Waals surface area contributed by atoms with Gasteiger partial charge >= 0.3 is 0 Å². The SMILES string of the molecule is CC(C)(C)[Si](C)(C)OCCC1C(O)CC1CO[Si](C)(C)C(C)(C)C. The van der Waals surface area contributed by atoms with Gasteiger partial charge in [-0.1, -0.05) is 41.5 Å². The Balaban J connectivity index is 2.46. The third-order valence-corrected chi connectivity index (χ3v) is 15.9. The number of hydrogen-bond donors (Lipinski definition) is 1. The molecule has 5 heteroatoms. The average molecular weight is 375 g/mol. The van der Waals surface area contributed by atoms with Crippen LogP contribution < -0.4 is 0 Å². The van der Waals surface area contributed by atoms with E-state index in [9.17, 15) is 5.11 Å². The molecule has 0 aromatic heterocycles. The number of aliphatic hydroxyl groups is 1. The van der Waals surface area contributed by atoms with Crippen LogP contribution in [0.2, 0.25) is 36.3 Å². The van der Waals surface area contributed by atoms with Crippen LogP contribution in [0.15, 0.2) is 0 Å². The predicted molar refractivity (Wildman–Crippen MR) is 109 cm³/mol. The third-order valence-electron chi connectivity index (χ3n) is 6.83. The molecule has 1 aliphatic carbocycles. The van der Waals surface area contributed by atoms with Gasteiger partial charge in [-0.2, -0.15) is 0 Å². The van der Waals surface area contributed by atoms with Crippen LogP contribution in [-0.2, 0) is 8.85 Å². The first kappa shape index (κ1) is 22.4. The molecule has 0 spiro atoms. The summed E-state index contributed by atoms with van der Waals surface area (Å²) in [5.41, 5.74) is 0. The van der Waals surface area contributed by atoms with Gasteiger partial charge in [-0.15, -0.1) is 0 Å². The molecular formula is C19H42O3Si2. The van der Waals surface area contributed by atoms with Gasteiger partial charge in [0, 0.05) is 13.2 Å². The summed E-state index contributed by atoms with van der Waals surface area (Å²) in [4.78, 5) is 0. The second-order valence-electron chi connectivity index (χ2n) is 10.7. The van der Waals surface area contributed by atoms with E-state index in [2.05, 4.69) is 67.7 Å². The van der Waals surface area contributed by atoms with Gasteiger partial charge < -0.3 is 14.0 Å². The molecule has 0 heterocycles. The lowest BCUT2D eigenvalue weighted by Crippen LogP contribution is -2.49. The van der Waals surface area contributed by atoms with Crippen molar-refractivity contribution in [2.75, 3.05) is 13.2 Å². The molecule has 3 unspecified atom stereocenters. The van der Waals surface area contributed by atoms with E-state index < -0.39 is 16.6 Å². The predicted octanol–water partition coefficient (Wildman–Crippen LogP) is 5.42. The molecule has 0 aromatic rings. The molecule has 3 atom stereocenters. The highest BCUT2D eigenvalue weighted by atomic mass is 28.4. The van der Waals surface area contributed by atoms with Crippen molar-refractivity contribution in [3.8, 4) is 0 Å². The zero-order valence-electron chi connectivity index (χ0n) is 17.8. The highest BCUT2D eigenvalue weighted by Gasteiger charge is 2.44. The smallest absolute Gasteiger partial charge is 0.191 e. The highest BCUT2D eigenvalue weighted by molar-refractivity contribution is 6.74. The normalized spacial score (nSPS) is 26.4. The van der Waals surface area contributed by atoms with Gasteiger partial charge in [-0.3, -0.25) is 0 Å². The maximum Gasteiger partial charge on any atom is 0.191 e. The largest absolute Gasteiger partial charge is 0.417 e. The molecule has 1 fully saturated rings. The van der Waals surface area contributed by atoms with Crippen molar-refractivity contribution in [2.45, 2.75) is 96.8 Å². The highest BCUT2D eigenvalue weighted by Crippen LogP contribution is 2.42. The second-order valence-corrected chi connectivity index (χ2v) is 20.3. The molecule has 0 saturated heterocycles. The van der Waals surface area contributed by atoms with Crippen molar-refractivity contribution in [1.82, 2.24) is 0 Å². The fraction of sp³-hybridized carbons (Fsp3) is 1.00. The van der Waals surface area contributed by atoms with Crippen molar-refractivity contribution < 1.29 is 14.0 Å².